The van der Waals surface area contributed by atoms with Crippen molar-refractivity contribution in [1.29, 1.82) is 0 Å². The van der Waals surface area contributed by atoms with Crippen LogP contribution in [0, 0.1) is 4.77 Å². The fourth-order valence-electron chi connectivity index (χ4n) is 2.04. The highest BCUT2D eigenvalue weighted by molar-refractivity contribution is 7.71. The number of nitrogens with zero attached hydrogens (tertiary/aromatic N) is 1. The number of hydrogen-bond acceptors (Lipinski definition) is 2. The lowest BCUT2D eigenvalue weighted by Crippen LogP contribution is -2.49. The van der Waals surface area contributed by atoms with Gasteiger partial charge < -0.3 is 14.3 Å². The number of allylic oxidation sites excluding steroid dienone is 4. The Kier molecular flexibility index (Phi) is 4.92. The Morgan fingerprint density at radius 1 is 1.50 bits per heavy atom. The van der Waals surface area contributed by atoms with Gasteiger partial charge in [-0.15, -0.1) is 23.2 Å². The highest BCUT2D eigenvalue weighted by Crippen LogP contribution is 2.50. The zero-order chi connectivity index (χ0) is 16.7. The number of nitrogens with one attached hydrogen (secondary N) is 1. The van der Waals surface area contributed by atoms with Crippen LogP contribution in [-0.2, 0) is 11.3 Å². The molecule has 122 valence electrons. The smallest absolute Gasteiger partial charge is 0.413 e. The average molecular weight is 394 g/mol. The summed E-state index contributed by atoms with van der Waals surface area (Å²) in [4.78, 5) is -0.0765. The van der Waals surface area contributed by atoms with Crippen molar-refractivity contribution in [2.45, 2.75) is 23.0 Å². The van der Waals surface area contributed by atoms with Gasteiger partial charge in [0.25, 0.3) is 0 Å². The molecule has 0 aliphatic heterocycles. The van der Waals surface area contributed by atoms with Gasteiger partial charge >= 0.3 is 6.18 Å². The molecule has 3 nitrogen and oxygen atoms in total. The van der Waals surface area contributed by atoms with Gasteiger partial charge in [0.1, 0.15) is 11.1 Å². The molecule has 0 saturated carbocycles. The minimum atomic E-state index is -4.78. The summed E-state index contributed by atoms with van der Waals surface area (Å²) in [5, 5.41) is -1.68. The summed E-state index contributed by atoms with van der Waals surface area (Å²) >= 11 is 22.7. The molecule has 1 aliphatic rings. The fourth-order valence-corrected chi connectivity index (χ4v) is 3.21. The van der Waals surface area contributed by atoms with Gasteiger partial charge in [0.2, 0.25) is 0 Å². The van der Waals surface area contributed by atoms with Crippen molar-refractivity contribution in [3.05, 3.63) is 39.6 Å². The monoisotopic (exact) mass is 392 g/mol. The number of hydrogen-bond donors (Lipinski definition) is 1. The second-order valence-electron chi connectivity index (χ2n) is 4.57. The number of aromatic amines is 1. The molecule has 2 atom stereocenters. The van der Waals surface area contributed by atoms with Crippen molar-refractivity contribution in [2.24, 2.45) is 0 Å². The van der Waals surface area contributed by atoms with E-state index < -0.39 is 16.4 Å². The summed E-state index contributed by atoms with van der Waals surface area (Å²) in [5.41, 5.74) is 0.124. The number of halogens is 6. The molecule has 1 aromatic rings. The Bertz CT molecular complexity index is 694. The van der Waals surface area contributed by atoms with Gasteiger partial charge in [0, 0.05) is 12.4 Å². The number of alkyl halides is 5. The fraction of sp³-hybridized carbons (Fsp3) is 0.417. The van der Waals surface area contributed by atoms with E-state index >= 15 is 0 Å². The molecule has 0 bridgehead atoms. The van der Waals surface area contributed by atoms with Crippen molar-refractivity contribution >= 4 is 47.0 Å². The summed E-state index contributed by atoms with van der Waals surface area (Å²) in [6.45, 7) is 0.00217. The molecule has 10 heteroatoms. The van der Waals surface area contributed by atoms with Crippen molar-refractivity contribution in [2.75, 3.05) is 7.11 Å². The summed E-state index contributed by atoms with van der Waals surface area (Å²) in [6, 6.07) is 0. The molecule has 0 fully saturated rings. The molecular weight excluding hydrogens is 384 g/mol. The van der Waals surface area contributed by atoms with Crippen LogP contribution in [0.4, 0.5) is 13.2 Å². The largest absolute Gasteiger partial charge is 0.498 e. The maximum absolute atomic E-state index is 13.3. The highest BCUT2D eigenvalue weighted by Gasteiger charge is 2.60. The highest BCUT2D eigenvalue weighted by atomic mass is 35.5. The van der Waals surface area contributed by atoms with E-state index in [9.17, 15) is 13.2 Å². The van der Waals surface area contributed by atoms with Crippen molar-refractivity contribution < 1.29 is 17.9 Å². The molecule has 0 spiro atoms. The minimum absolute atomic E-state index is 0.00217. The first-order valence-electron chi connectivity index (χ1n) is 5.91. The molecule has 0 amide bonds. The lowest BCUT2D eigenvalue weighted by Gasteiger charge is -2.36. The Hall–Kier alpha value is -0.630. The molecule has 0 aromatic carbocycles. The SMILES string of the molecule is COC1=C(Cl)C(Cn2cc[nH]c2=S)=CC(Cl)(C(F)(F)F)C1Cl. The van der Waals surface area contributed by atoms with Crippen LogP contribution in [0.15, 0.2) is 34.8 Å². The molecule has 0 saturated heterocycles. The third-order valence-electron chi connectivity index (χ3n) is 3.20. The molecule has 2 rings (SSSR count). The summed E-state index contributed by atoms with van der Waals surface area (Å²) in [5.74, 6) is -0.227. The van der Waals surface area contributed by atoms with Gasteiger partial charge in [-0.05, 0) is 23.9 Å². The Balaban J connectivity index is 2.54. The second kappa shape index (κ2) is 6.11. The van der Waals surface area contributed by atoms with Crippen molar-refractivity contribution in [1.82, 2.24) is 9.55 Å². The standard InChI is InChI=1S/C12H10Cl3F3N2OS/c1-21-8-7(13)6(5-20-3-2-19-10(20)22)4-11(15,9(8)14)12(16,17)18/h2-4,9H,5H2,1H3,(H,19,22). The molecular formula is C12H10Cl3F3N2OS. The van der Waals surface area contributed by atoms with Gasteiger partial charge in [-0.25, -0.2) is 0 Å². The van der Waals surface area contributed by atoms with E-state index in [1.165, 1.54) is 11.7 Å². The third kappa shape index (κ3) is 2.91. The molecule has 2 unspecified atom stereocenters. The van der Waals surface area contributed by atoms with Crippen LogP contribution in [0.1, 0.15) is 0 Å². The lowest BCUT2D eigenvalue weighted by atomic mass is 9.92. The molecule has 1 N–H and O–H groups in total. The van der Waals surface area contributed by atoms with Crippen LogP contribution >= 0.6 is 47.0 Å². The number of aromatic nitrogens is 2. The first-order valence-corrected chi connectivity index (χ1v) is 7.51. The predicted octanol–water partition coefficient (Wildman–Crippen LogP) is 4.73. The van der Waals surface area contributed by atoms with E-state index in [-0.39, 0.29) is 22.9 Å². The number of methoxy groups -OCH3 is 1. The van der Waals surface area contributed by atoms with Crippen LogP contribution in [0.25, 0.3) is 0 Å². The zero-order valence-corrected chi connectivity index (χ0v) is 14.1. The first kappa shape index (κ1) is 17.7. The molecule has 1 aliphatic carbocycles. The molecule has 1 heterocycles. The average Bonchev–Trinajstić information content (AvgIpc) is 2.81. The topological polar surface area (TPSA) is 29.9 Å². The van der Waals surface area contributed by atoms with Gasteiger partial charge in [-0.1, -0.05) is 11.6 Å². The summed E-state index contributed by atoms with van der Waals surface area (Å²) in [6.07, 6.45) is -0.836. The number of rotatable bonds is 3. The number of H-pyrrole nitrogens is 1. The Labute approximate surface area is 144 Å². The van der Waals surface area contributed by atoms with Gasteiger partial charge in [-0.2, -0.15) is 13.2 Å². The molecule has 22 heavy (non-hydrogen) atoms. The van der Waals surface area contributed by atoms with E-state index in [0.29, 0.717) is 4.77 Å². The van der Waals surface area contributed by atoms with Gasteiger partial charge in [-0.3, -0.25) is 0 Å². The first-order chi connectivity index (χ1) is 10.1. The minimum Gasteiger partial charge on any atom is -0.498 e. The van der Waals surface area contributed by atoms with Crippen molar-refractivity contribution in [3.63, 3.8) is 0 Å². The second-order valence-corrected chi connectivity index (χ2v) is 6.40. The Morgan fingerprint density at radius 3 is 2.59 bits per heavy atom. The van der Waals surface area contributed by atoms with Gasteiger partial charge in [0.05, 0.1) is 18.7 Å². The quantitative estimate of drug-likeness (QED) is 0.594. The van der Waals surface area contributed by atoms with E-state index in [1.54, 1.807) is 12.4 Å². The summed E-state index contributed by atoms with van der Waals surface area (Å²) < 4.78 is 46.8. The van der Waals surface area contributed by atoms with E-state index in [4.69, 9.17) is 51.8 Å². The van der Waals surface area contributed by atoms with Crippen LogP contribution in [-0.4, -0.2) is 33.1 Å². The summed E-state index contributed by atoms with van der Waals surface area (Å²) in [7, 11) is 1.19. The van der Waals surface area contributed by atoms with Gasteiger partial charge in [0.15, 0.2) is 9.65 Å². The van der Waals surface area contributed by atoms with Crippen LogP contribution in [0.2, 0.25) is 0 Å². The normalized spacial score (nSPS) is 26.1. The third-order valence-corrected chi connectivity index (χ3v) is 5.18. The molecule has 1 aromatic heterocycles. The molecule has 0 radical (unpaired) electrons. The maximum atomic E-state index is 13.3. The number of ether oxygens (including phenoxy) is 1. The van der Waals surface area contributed by atoms with E-state index in [1.807, 2.05) is 0 Å². The van der Waals surface area contributed by atoms with Crippen LogP contribution in [0.3, 0.4) is 0 Å². The van der Waals surface area contributed by atoms with Crippen LogP contribution < -0.4 is 0 Å². The van der Waals surface area contributed by atoms with E-state index in [2.05, 4.69) is 4.98 Å². The predicted molar refractivity (Wildman–Crippen MR) is 81.9 cm³/mol. The van der Waals surface area contributed by atoms with E-state index in [0.717, 1.165) is 6.08 Å². The number of imidazole rings is 1. The van der Waals surface area contributed by atoms with Crippen molar-refractivity contribution in [3.8, 4) is 0 Å². The van der Waals surface area contributed by atoms with Crippen LogP contribution in [0.5, 0.6) is 0 Å². The Morgan fingerprint density at radius 2 is 2.14 bits per heavy atom. The maximum Gasteiger partial charge on any atom is 0.413 e. The lowest BCUT2D eigenvalue weighted by molar-refractivity contribution is -0.151. The zero-order valence-electron chi connectivity index (χ0n) is 11.0.